The maximum absolute atomic E-state index is 12.2. The van der Waals surface area contributed by atoms with Crippen molar-refractivity contribution in [2.45, 2.75) is 12.6 Å². The molecule has 0 amide bonds. The maximum atomic E-state index is 12.2. The van der Waals surface area contributed by atoms with Gasteiger partial charge in [0.1, 0.15) is 5.75 Å². The Balaban J connectivity index is 0.00000576. The molecule has 5 nitrogen and oxygen atoms in total. The summed E-state index contributed by atoms with van der Waals surface area (Å²) in [6.07, 6.45) is -3.39. The Hall–Kier alpha value is -1.23. The highest BCUT2D eigenvalue weighted by Gasteiger charge is 2.28. The lowest BCUT2D eigenvalue weighted by Gasteiger charge is -2.19. The maximum Gasteiger partial charge on any atom is 0.401 e. The first-order valence-electron chi connectivity index (χ1n) is 7.78. The smallest absolute Gasteiger partial charge is 0.401 e. The molecular weight excluding hydrogens is 448 g/mol. The minimum absolute atomic E-state index is 0. The second-order valence-electron chi connectivity index (χ2n) is 5.29. The lowest BCUT2D eigenvalue weighted by molar-refractivity contribution is -0.142. The second kappa shape index (κ2) is 13.0. The van der Waals surface area contributed by atoms with Gasteiger partial charge in [-0.15, -0.1) is 24.0 Å². The van der Waals surface area contributed by atoms with Crippen LogP contribution in [0, 0.1) is 0 Å². The van der Waals surface area contributed by atoms with Crippen molar-refractivity contribution < 1.29 is 17.9 Å². The molecule has 1 aromatic carbocycles. The van der Waals surface area contributed by atoms with Gasteiger partial charge in [-0.3, -0.25) is 9.89 Å². The first kappa shape index (κ1) is 23.8. The summed E-state index contributed by atoms with van der Waals surface area (Å²) in [6, 6.07) is 9.54. The molecule has 0 spiro atoms. The van der Waals surface area contributed by atoms with E-state index in [-0.39, 0.29) is 30.5 Å². The van der Waals surface area contributed by atoms with Crippen LogP contribution in [0.25, 0.3) is 0 Å². The van der Waals surface area contributed by atoms with Crippen molar-refractivity contribution in [2.24, 2.45) is 4.99 Å². The minimum atomic E-state index is -4.17. The van der Waals surface area contributed by atoms with Crippen LogP contribution in [0.4, 0.5) is 13.2 Å². The van der Waals surface area contributed by atoms with Crippen LogP contribution in [0.15, 0.2) is 35.3 Å². The fourth-order valence-corrected chi connectivity index (χ4v) is 1.96. The standard InChI is InChI=1S/C16H25F3N4O.HI/c1-20-15(22-10-11-23(2)13-16(17,18)19)21-9-6-12-24-14-7-4-3-5-8-14;/h3-5,7-8H,6,9-13H2,1-2H3,(H2,20,21,22);1H. The number of halogens is 4. The van der Waals surface area contributed by atoms with E-state index < -0.39 is 12.7 Å². The normalized spacial score (nSPS) is 11.8. The van der Waals surface area contributed by atoms with Gasteiger partial charge in [0.05, 0.1) is 13.2 Å². The molecule has 0 radical (unpaired) electrons. The predicted molar refractivity (Wildman–Crippen MR) is 105 cm³/mol. The summed E-state index contributed by atoms with van der Waals surface area (Å²) in [5.41, 5.74) is 0. The first-order valence-corrected chi connectivity index (χ1v) is 7.78. The summed E-state index contributed by atoms with van der Waals surface area (Å²) in [6.45, 7) is 0.967. The van der Waals surface area contributed by atoms with Crippen LogP contribution in [0.3, 0.4) is 0 Å². The van der Waals surface area contributed by atoms with E-state index in [1.165, 1.54) is 11.9 Å². The molecule has 0 aliphatic heterocycles. The average Bonchev–Trinajstić information content (AvgIpc) is 2.52. The number of alkyl halides is 3. The van der Waals surface area contributed by atoms with Crippen LogP contribution in [0.1, 0.15) is 6.42 Å². The van der Waals surface area contributed by atoms with Crippen LogP contribution in [-0.4, -0.2) is 63.9 Å². The minimum Gasteiger partial charge on any atom is -0.494 e. The zero-order valence-corrected chi connectivity index (χ0v) is 16.8. The van der Waals surface area contributed by atoms with Crippen molar-refractivity contribution in [3.8, 4) is 5.75 Å². The summed E-state index contributed by atoms with van der Waals surface area (Å²) in [4.78, 5) is 5.24. The zero-order valence-electron chi connectivity index (χ0n) is 14.5. The molecule has 1 aromatic rings. The predicted octanol–water partition coefficient (Wildman–Crippen LogP) is 2.73. The van der Waals surface area contributed by atoms with Crippen molar-refractivity contribution >= 4 is 29.9 Å². The van der Waals surface area contributed by atoms with Crippen molar-refractivity contribution in [3.63, 3.8) is 0 Å². The van der Waals surface area contributed by atoms with Crippen LogP contribution in [0.5, 0.6) is 5.75 Å². The molecule has 0 unspecified atom stereocenters. The van der Waals surface area contributed by atoms with E-state index >= 15 is 0 Å². The van der Waals surface area contributed by atoms with E-state index in [1.807, 2.05) is 30.3 Å². The third-order valence-electron chi connectivity index (χ3n) is 3.08. The van der Waals surface area contributed by atoms with E-state index in [4.69, 9.17) is 4.74 Å². The Bertz CT molecular complexity index is 486. The first-order chi connectivity index (χ1) is 11.4. The van der Waals surface area contributed by atoms with Gasteiger partial charge >= 0.3 is 6.18 Å². The molecule has 25 heavy (non-hydrogen) atoms. The number of hydrogen-bond acceptors (Lipinski definition) is 3. The van der Waals surface area contributed by atoms with E-state index in [1.54, 1.807) is 7.05 Å². The van der Waals surface area contributed by atoms with Gasteiger partial charge in [-0.05, 0) is 25.6 Å². The number of guanidine groups is 1. The van der Waals surface area contributed by atoms with Crippen LogP contribution in [0.2, 0.25) is 0 Å². The Morgan fingerprint density at radius 3 is 2.40 bits per heavy atom. The fourth-order valence-electron chi connectivity index (χ4n) is 1.96. The third-order valence-corrected chi connectivity index (χ3v) is 3.08. The SMILES string of the molecule is CN=C(NCCCOc1ccccc1)NCCN(C)CC(F)(F)F.I. The summed E-state index contributed by atoms with van der Waals surface area (Å²) in [7, 11) is 3.06. The Kier molecular flexibility index (Phi) is 12.4. The van der Waals surface area contributed by atoms with Crippen molar-refractivity contribution in [2.75, 3.05) is 46.9 Å². The van der Waals surface area contributed by atoms with Crippen LogP contribution < -0.4 is 15.4 Å². The van der Waals surface area contributed by atoms with Crippen LogP contribution in [-0.2, 0) is 0 Å². The topological polar surface area (TPSA) is 48.9 Å². The molecule has 0 bridgehead atoms. The molecule has 0 aromatic heterocycles. The number of likely N-dealkylation sites (N-methyl/N-ethyl adjacent to an activating group) is 1. The Labute approximate surface area is 164 Å². The zero-order chi connectivity index (χ0) is 17.8. The van der Waals surface area contributed by atoms with E-state index in [0.717, 1.165) is 12.2 Å². The van der Waals surface area contributed by atoms with Crippen molar-refractivity contribution in [1.82, 2.24) is 15.5 Å². The van der Waals surface area contributed by atoms with E-state index in [9.17, 15) is 13.2 Å². The summed E-state index contributed by atoms with van der Waals surface area (Å²) < 4.78 is 42.2. The summed E-state index contributed by atoms with van der Waals surface area (Å²) in [5, 5.41) is 6.08. The Morgan fingerprint density at radius 2 is 1.80 bits per heavy atom. The molecule has 0 fully saturated rings. The number of nitrogens with zero attached hydrogens (tertiary/aromatic N) is 2. The molecule has 0 saturated heterocycles. The summed E-state index contributed by atoms with van der Waals surface area (Å²) in [5.74, 6) is 1.39. The third kappa shape index (κ3) is 12.7. The molecule has 2 N–H and O–H groups in total. The number of rotatable bonds is 9. The number of hydrogen-bond donors (Lipinski definition) is 2. The average molecular weight is 474 g/mol. The summed E-state index contributed by atoms with van der Waals surface area (Å²) >= 11 is 0. The monoisotopic (exact) mass is 474 g/mol. The van der Waals surface area contributed by atoms with Gasteiger partial charge in [-0.25, -0.2) is 0 Å². The number of nitrogens with one attached hydrogen (secondary N) is 2. The van der Waals surface area contributed by atoms with Crippen LogP contribution >= 0.6 is 24.0 Å². The van der Waals surface area contributed by atoms with E-state index in [0.29, 0.717) is 25.7 Å². The van der Waals surface area contributed by atoms with Gasteiger partial charge in [0.2, 0.25) is 0 Å². The highest BCUT2D eigenvalue weighted by molar-refractivity contribution is 14.0. The van der Waals surface area contributed by atoms with Gasteiger partial charge in [-0.1, -0.05) is 18.2 Å². The van der Waals surface area contributed by atoms with Gasteiger partial charge in [-0.2, -0.15) is 13.2 Å². The molecule has 0 aliphatic carbocycles. The molecule has 0 atom stereocenters. The van der Waals surface area contributed by atoms with Gasteiger partial charge in [0.15, 0.2) is 5.96 Å². The number of para-hydroxylation sites is 1. The number of ether oxygens (including phenoxy) is 1. The second-order valence-corrected chi connectivity index (χ2v) is 5.29. The number of benzene rings is 1. The molecule has 0 aliphatic rings. The van der Waals surface area contributed by atoms with E-state index in [2.05, 4.69) is 15.6 Å². The molecule has 0 heterocycles. The number of aliphatic imine (C=N–C) groups is 1. The molecule has 1 rings (SSSR count). The lowest BCUT2D eigenvalue weighted by atomic mass is 10.3. The highest BCUT2D eigenvalue weighted by Crippen LogP contribution is 2.14. The lowest BCUT2D eigenvalue weighted by Crippen LogP contribution is -2.42. The molecular formula is C16H26F3IN4O. The van der Waals surface area contributed by atoms with Gasteiger partial charge in [0, 0.05) is 26.7 Å². The van der Waals surface area contributed by atoms with Crippen molar-refractivity contribution in [3.05, 3.63) is 30.3 Å². The molecule has 144 valence electrons. The highest BCUT2D eigenvalue weighted by atomic mass is 127. The van der Waals surface area contributed by atoms with Gasteiger partial charge in [0.25, 0.3) is 0 Å². The Morgan fingerprint density at radius 1 is 1.16 bits per heavy atom. The fraction of sp³-hybridized carbons (Fsp3) is 0.562. The van der Waals surface area contributed by atoms with Crippen molar-refractivity contribution in [1.29, 1.82) is 0 Å². The molecule has 0 saturated carbocycles. The largest absolute Gasteiger partial charge is 0.494 e. The van der Waals surface area contributed by atoms with Gasteiger partial charge < -0.3 is 15.4 Å². The quantitative estimate of drug-likeness (QED) is 0.250. The molecule has 9 heteroatoms.